The summed E-state index contributed by atoms with van der Waals surface area (Å²) in [5.41, 5.74) is 1.44. The van der Waals surface area contributed by atoms with E-state index in [1.807, 2.05) is 13.0 Å². The molecule has 3 rings (SSSR count). The van der Waals surface area contributed by atoms with Gasteiger partial charge in [-0.25, -0.2) is 8.42 Å². The number of nitrogens with one attached hydrogen (secondary N) is 2. The standard InChI is InChI=1S/C21H24ClN3O4S/c1-15-9-10-19(18(22)12-15)24-20(26)13-23-21(27)16-6-5-11-25(14-16)30(28,29)17-7-3-2-4-8-17/h2-4,7-10,12,16H,5-6,11,13-14H2,1H3,(H,23,27)(H,24,26). The van der Waals surface area contributed by atoms with Crippen LogP contribution in [0.3, 0.4) is 0 Å². The summed E-state index contributed by atoms with van der Waals surface area (Å²) in [5.74, 6) is -1.25. The van der Waals surface area contributed by atoms with E-state index < -0.39 is 21.8 Å². The molecule has 0 aliphatic carbocycles. The predicted molar refractivity (Wildman–Crippen MR) is 116 cm³/mol. The minimum Gasteiger partial charge on any atom is -0.347 e. The minimum atomic E-state index is -3.65. The van der Waals surface area contributed by atoms with Crippen LogP contribution in [0.25, 0.3) is 0 Å². The van der Waals surface area contributed by atoms with Crippen LogP contribution in [-0.2, 0) is 19.6 Å². The Morgan fingerprint density at radius 2 is 1.90 bits per heavy atom. The lowest BCUT2D eigenvalue weighted by atomic mass is 9.99. The highest BCUT2D eigenvalue weighted by Gasteiger charge is 2.33. The summed E-state index contributed by atoms with van der Waals surface area (Å²) < 4.78 is 26.9. The van der Waals surface area contributed by atoms with Gasteiger partial charge in [-0.05, 0) is 49.6 Å². The van der Waals surface area contributed by atoms with Crippen molar-refractivity contribution in [3.8, 4) is 0 Å². The fraction of sp³-hybridized carbons (Fsp3) is 0.333. The van der Waals surface area contributed by atoms with Crippen LogP contribution in [0.5, 0.6) is 0 Å². The van der Waals surface area contributed by atoms with Crippen molar-refractivity contribution in [1.82, 2.24) is 9.62 Å². The number of nitrogens with zero attached hydrogens (tertiary/aromatic N) is 1. The number of aryl methyl sites for hydroxylation is 1. The van der Waals surface area contributed by atoms with Gasteiger partial charge >= 0.3 is 0 Å². The van der Waals surface area contributed by atoms with Crippen molar-refractivity contribution in [2.75, 3.05) is 25.0 Å². The second-order valence-corrected chi connectivity index (χ2v) is 9.61. The van der Waals surface area contributed by atoms with Gasteiger partial charge in [-0.15, -0.1) is 0 Å². The van der Waals surface area contributed by atoms with Crippen molar-refractivity contribution in [3.63, 3.8) is 0 Å². The molecule has 160 valence electrons. The number of sulfonamides is 1. The lowest BCUT2D eigenvalue weighted by Crippen LogP contribution is -2.46. The number of carbonyl (C=O) groups is 2. The summed E-state index contributed by atoms with van der Waals surface area (Å²) >= 11 is 6.10. The highest BCUT2D eigenvalue weighted by atomic mass is 35.5. The first-order chi connectivity index (χ1) is 14.3. The van der Waals surface area contributed by atoms with Crippen molar-refractivity contribution in [2.24, 2.45) is 5.92 Å². The molecule has 30 heavy (non-hydrogen) atoms. The van der Waals surface area contributed by atoms with Gasteiger partial charge in [0.2, 0.25) is 21.8 Å². The van der Waals surface area contributed by atoms with Crippen molar-refractivity contribution in [2.45, 2.75) is 24.7 Å². The van der Waals surface area contributed by atoms with E-state index in [0.29, 0.717) is 30.1 Å². The molecule has 0 spiro atoms. The Morgan fingerprint density at radius 3 is 2.60 bits per heavy atom. The average Bonchev–Trinajstić information content (AvgIpc) is 2.74. The van der Waals surface area contributed by atoms with E-state index in [9.17, 15) is 18.0 Å². The predicted octanol–water partition coefficient (Wildman–Crippen LogP) is 2.80. The van der Waals surface area contributed by atoms with Gasteiger partial charge in [0.05, 0.1) is 28.1 Å². The number of amides is 2. The molecular weight excluding hydrogens is 426 g/mol. The molecule has 1 saturated heterocycles. The Balaban J connectivity index is 1.56. The molecule has 9 heteroatoms. The highest BCUT2D eigenvalue weighted by Crippen LogP contribution is 2.24. The average molecular weight is 450 g/mol. The molecule has 7 nitrogen and oxygen atoms in total. The molecule has 0 radical (unpaired) electrons. The molecule has 2 amide bonds. The number of halogens is 1. The molecule has 2 aromatic rings. The van der Waals surface area contributed by atoms with Crippen LogP contribution in [0.4, 0.5) is 5.69 Å². The van der Waals surface area contributed by atoms with Crippen LogP contribution in [0.15, 0.2) is 53.4 Å². The largest absolute Gasteiger partial charge is 0.347 e. The van der Waals surface area contributed by atoms with Crippen molar-refractivity contribution in [1.29, 1.82) is 0 Å². The Hall–Kier alpha value is -2.42. The van der Waals surface area contributed by atoms with E-state index in [1.54, 1.807) is 42.5 Å². The first-order valence-corrected chi connectivity index (χ1v) is 11.5. The van der Waals surface area contributed by atoms with E-state index in [1.165, 1.54) is 4.31 Å². The van der Waals surface area contributed by atoms with Crippen molar-refractivity contribution in [3.05, 3.63) is 59.1 Å². The second kappa shape index (κ2) is 9.59. The third-order valence-corrected chi connectivity index (χ3v) is 7.15. The lowest BCUT2D eigenvalue weighted by Gasteiger charge is -2.31. The van der Waals surface area contributed by atoms with E-state index in [0.717, 1.165) is 5.56 Å². The smallest absolute Gasteiger partial charge is 0.243 e. The molecule has 0 aromatic heterocycles. The topological polar surface area (TPSA) is 95.6 Å². The van der Waals surface area contributed by atoms with Crippen LogP contribution >= 0.6 is 11.6 Å². The Morgan fingerprint density at radius 1 is 1.17 bits per heavy atom. The number of carbonyl (C=O) groups excluding carboxylic acids is 2. The van der Waals surface area contributed by atoms with Gasteiger partial charge in [-0.3, -0.25) is 9.59 Å². The molecule has 2 aromatic carbocycles. The molecule has 1 unspecified atom stereocenters. The molecule has 1 aliphatic heterocycles. The minimum absolute atomic E-state index is 0.0917. The van der Waals surface area contributed by atoms with Gasteiger partial charge in [0, 0.05) is 13.1 Å². The zero-order chi connectivity index (χ0) is 21.7. The van der Waals surface area contributed by atoms with E-state index in [4.69, 9.17) is 11.6 Å². The number of rotatable bonds is 6. The van der Waals surface area contributed by atoms with Crippen molar-refractivity contribution < 1.29 is 18.0 Å². The Labute approximate surface area is 181 Å². The zero-order valence-corrected chi connectivity index (χ0v) is 18.2. The van der Waals surface area contributed by atoms with E-state index in [-0.39, 0.29) is 23.9 Å². The maximum absolute atomic E-state index is 12.8. The molecular formula is C21H24ClN3O4S. The van der Waals surface area contributed by atoms with Gasteiger partial charge in [-0.1, -0.05) is 35.9 Å². The van der Waals surface area contributed by atoms with Gasteiger partial charge < -0.3 is 10.6 Å². The first kappa shape index (κ1) is 22.3. The molecule has 0 bridgehead atoms. The second-order valence-electron chi connectivity index (χ2n) is 7.26. The van der Waals surface area contributed by atoms with Crippen LogP contribution in [0, 0.1) is 12.8 Å². The number of piperidine rings is 1. The Bertz CT molecular complexity index is 1030. The summed E-state index contributed by atoms with van der Waals surface area (Å²) in [7, 11) is -3.65. The number of benzene rings is 2. The van der Waals surface area contributed by atoms with Gasteiger partial charge in [0.15, 0.2) is 0 Å². The quantitative estimate of drug-likeness (QED) is 0.708. The third-order valence-electron chi connectivity index (χ3n) is 4.96. The maximum Gasteiger partial charge on any atom is 0.243 e. The normalized spacial score (nSPS) is 17.3. The van der Waals surface area contributed by atoms with Crippen LogP contribution < -0.4 is 10.6 Å². The summed E-state index contributed by atoms with van der Waals surface area (Å²) in [6.07, 6.45) is 1.15. The number of hydrogen-bond acceptors (Lipinski definition) is 4. The fourth-order valence-electron chi connectivity index (χ4n) is 3.34. The first-order valence-electron chi connectivity index (χ1n) is 9.66. The van der Waals surface area contributed by atoms with Crippen molar-refractivity contribution >= 4 is 39.1 Å². The van der Waals surface area contributed by atoms with Crippen LogP contribution in [0.2, 0.25) is 5.02 Å². The third kappa shape index (κ3) is 5.38. The van der Waals surface area contributed by atoms with Gasteiger partial charge in [0.1, 0.15) is 0 Å². The molecule has 0 saturated carbocycles. The molecule has 2 N–H and O–H groups in total. The monoisotopic (exact) mass is 449 g/mol. The lowest BCUT2D eigenvalue weighted by molar-refractivity contribution is -0.128. The summed E-state index contributed by atoms with van der Waals surface area (Å²) in [4.78, 5) is 24.9. The molecule has 1 heterocycles. The molecule has 1 fully saturated rings. The fourth-order valence-corrected chi connectivity index (χ4v) is 5.17. The van der Waals surface area contributed by atoms with Gasteiger partial charge in [0.25, 0.3) is 0 Å². The maximum atomic E-state index is 12.8. The van der Waals surface area contributed by atoms with Crippen LogP contribution in [0.1, 0.15) is 18.4 Å². The number of hydrogen-bond donors (Lipinski definition) is 2. The molecule has 1 aliphatic rings. The van der Waals surface area contributed by atoms with E-state index in [2.05, 4.69) is 10.6 Å². The van der Waals surface area contributed by atoms with Gasteiger partial charge in [-0.2, -0.15) is 4.31 Å². The summed E-state index contributed by atoms with van der Waals surface area (Å²) in [6, 6.07) is 13.4. The SMILES string of the molecule is Cc1ccc(NC(=O)CNC(=O)C2CCCN(S(=O)(=O)c3ccccc3)C2)c(Cl)c1. The Kier molecular flexibility index (Phi) is 7.12. The highest BCUT2D eigenvalue weighted by molar-refractivity contribution is 7.89. The summed E-state index contributed by atoms with van der Waals surface area (Å²) in [6.45, 7) is 2.13. The van der Waals surface area contributed by atoms with Crippen LogP contribution in [-0.4, -0.2) is 44.2 Å². The zero-order valence-electron chi connectivity index (χ0n) is 16.6. The van der Waals surface area contributed by atoms with E-state index >= 15 is 0 Å². The summed E-state index contributed by atoms with van der Waals surface area (Å²) in [5, 5.41) is 5.68. The number of anilines is 1. The molecule has 1 atom stereocenters.